The molecule has 0 heterocycles. The molecule has 0 saturated carbocycles. The van der Waals surface area contributed by atoms with Gasteiger partial charge in [0, 0.05) is 6.42 Å². The van der Waals surface area contributed by atoms with Crippen LogP contribution < -0.4 is 0 Å². The summed E-state index contributed by atoms with van der Waals surface area (Å²) in [6.45, 7) is 5.12. The molecule has 0 aliphatic rings. The Kier molecular flexibility index (Phi) is 3.46. The summed E-state index contributed by atoms with van der Waals surface area (Å²) >= 11 is 0. The molecule has 0 aliphatic carbocycles. The molecule has 0 aromatic rings. The molecule has 0 amide bonds. The standard InChI is InChI=1S/C6H12O3/c1-3-5-9-6(7,8)4-2/h3,7-8H,1,4-5H2,2H3. The second-order valence-electron chi connectivity index (χ2n) is 1.70. The van der Waals surface area contributed by atoms with Crippen LogP contribution in [0.2, 0.25) is 0 Å². The predicted octanol–water partition coefficient (Wildman–Crippen LogP) is 0.237. The van der Waals surface area contributed by atoms with Crippen molar-refractivity contribution in [1.82, 2.24) is 0 Å². The number of ether oxygens (including phenoxy) is 1. The average Bonchev–Trinajstić information content (AvgIpc) is 1.84. The quantitative estimate of drug-likeness (QED) is 0.425. The molecule has 0 radical (unpaired) electrons. The Bertz CT molecular complexity index is 88.3. The van der Waals surface area contributed by atoms with Crippen LogP contribution in [0.3, 0.4) is 0 Å². The van der Waals surface area contributed by atoms with Crippen molar-refractivity contribution in [3.8, 4) is 0 Å². The first-order valence-electron chi connectivity index (χ1n) is 2.82. The topological polar surface area (TPSA) is 49.7 Å². The Hall–Kier alpha value is -0.380. The van der Waals surface area contributed by atoms with E-state index in [2.05, 4.69) is 11.3 Å². The molecule has 0 rings (SSSR count). The van der Waals surface area contributed by atoms with E-state index in [-0.39, 0.29) is 13.0 Å². The van der Waals surface area contributed by atoms with E-state index in [0.717, 1.165) is 0 Å². The van der Waals surface area contributed by atoms with E-state index in [4.69, 9.17) is 10.2 Å². The van der Waals surface area contributed by atoms with Gasteiger partial charge in [0.05, 0.1) is 6.61 Å². The maximum Gasteiger partial charge on any atom is 0.277 e. The molecule has 0 fully saturated rings. The summed E-state index contributed by atoms with van der Waals surface area (Å²) < 4.78 is 4.52. The zero-order chi connectivity index (χ0) is 7.33. The van der Waals surface area contributed by atoms with E-state index >= 15 is 0 Å². The van der Waals surface area contributed by atoms with Gasteiger partial charge in [-0.05, 0) is 0 Å². The molecule has 54 valence electrons. The van der Waals surface area contributed by atoms with Crippen molar-refractivity contribution in [2.75, 3.05) is 6.61 Å². The summed E-state index contributed by atoms with van der Waals surface area (Å²) in [7, 11) is 0. The minimum atomic E-state index is -1.98. The van der Waals surface area contributed by atoms with E-state index in [1.807, 2.05) is 0 Å². The molecule has 0 atom stereocenters. The van der Waals surface area contributed by atoms with Gasteiger partial charge in [0.15, 0.2) is 0 Å². The molecule has 0 aliphatic heterocycles. The first kappa shape index (κ1) is 8.62. The highest BCUT2D eigenvalue weighted by atomic mass is 16.8. The Labute approximate surface area is 54.6 Å². The Morgan fingerprint density at radius 3 is 2.56 bits per heavy atom. The molecule has 0 bridgehead atoms. The molecule has 3 heteroatoms. The summed E-state index contributed by atoms with van der Waals surface area (Å²) in [6, 6.07) is 0. The van der Waals surface area contributed by atoms with Crippen LogP contribution in [0, 0.1) is 0 Å². The Morgan fingerprint density at radius 1 is 1.67 bits per heavy atom. The van der Waals surface area contributed by atoms with Gasteiger partial charge in [0.25, 0.3) is 5.97 Å². The maximum atomic E-state index is 8.74. The third-order valence-electron chi connectivity index (χ3n) is 0.893. The van der Waals surface area contributed by atoms with Crippen LogP contribution in [0.15, 0.2) is 12.7 Å². The highest BCUT2D eigenvalue weighted by Gasteiger charge is 2.19. The molecule has 0 saturated heterocycles. The minimum absolute atomic E-state index is 0.154. The molecule has 0 aromatic carbocycles. The zero-order valence-electron chi connectivity index (χ0n) is 5.50. The van der Waals surface area contributed by atoms with Crippen molar-refractivity contribution in [2.24, 2.45) is 0 Å². The summed E-state index contributed by atoms with van der Waals surface area (Å²) in [5.74, 6) is -1.98. The molecule has 0 aromatic heterocycles. The molecule has 9 heavy (non-hydrogen) atoms. The van der Waals surface area contributed by atoms with Crippen LogP contribution in [0.1, 0.15) is 13.3 Å². The molecular weight excluding hydrogens is 120 g/mol. The number of hydrogen-bond acceptors (Lipinski definition) is 3. The van der Waals surface area contributed by atoms with Crippen LogP contribution in [0.25, 0.3) is 0 Å². The van der Waals surface area contributed by atoms with Gasteiger partial charge in [0.2, 0.25) is 0 Å². The Morgan fingerprint density at radius 2 is 2.22 bits per heavy atom. The van der Waals surface area contributed by atoms with Crippen LogP contribution in [-0.4, -0.2) is 22.8 Å². The lowest BCUT2D eigenvalue weighted by Gasteiger charge is -2.18. The molecular formula is C6H12O3. The van der Waals surface area contributed by atoms with Gasteiger partial charge in [-0.25, -0.2) is 0 Å². The van der Waals surface area contributed by atoms with Crippen LogP contribution in [0.4, 0.5) is 0 Å². The highest BCUT2D eigenvalue weighted by Crippen LogP contribution is 2.05. The van der Waals surface area contributed by atoms with Crippen molar-refractivity contribution < 1.29 is 14.9 Å². The smallest absolute Gasteiger partial charge is 0.277 e. The lowest BCUT2D eigenvalue weighted by atomic mass is 10.4. The van der Waals surface area contributed by atoms with Gasteiger partial charge in [-0.3, -0.25) is 0 Å². The van der Waals surface area contributed by atoms with Gasteiger partial charge in [0.1, 0.15) is 0 Å². The van der Waals surface area contributed by atoms with E-state index in [0.29, 0.717) is 0 Å². The fourth-order valence-corrected chi connectivity index (χ4v) is 0.294. The third kappa shape index (κ3) is 4.14. The second-order valence-corrected chi connectivity index (χ2v) is 1.70. The monoisotopic (exact) mass is 132 g/mol. The van der Waals surface area contributed by atoms with Crippen LogP contribution >= 0.6 is 0 Å². The molecule has 0 spiro atoms. The number of aliphatic hydroxyl groups is 2. The highest BCUT2D eigenvalue weighted by molar-refractivity contribution is 4.65. The molecule has 3 nitrogen and oxygen atoms in total. The van der Waals surface area contributed by atoms with Gasteiger partial charge in [-0.15, -0.1) is 6.58 Å². The van der Waals surface area contributed by atoms with Gasteiger partial charge in [-0.2, -0.15) is 0 Å². The fraction of sp³-hybridized carbons (Fsp3) is 0.667. The fourth-order valence-electron chi connectivity index (χ4n) is 0.294. The number of hydrogen-bond donors (Lipinski definition) is 2. The van der Waals surface area contributed by atoms with Crippen molar-refractivity contribution in [3.63, 3.8) is 0 Å². The molecule has 2 N–H and O–H groups in total. The second kappa shape index (κ2) is 3.61. The van der Waals surface area contributed by atoms with Crippen LogP contribution in [-0.2, 0) is 4.74 Å². The zero-order valence-corrected chi connectivity index (χ0v) is 5.50. The predicted molar refractivity (Wildman–Crippen MR) is 33.6 cm³/mol. The summed E-state index contributed by atoms with van der Waals surface area (Å²) in [4.78, 5) is 0. The maximum absolute atomic E-state index is 8.74. The first-order valence-corrected chi connectivity index (χ1v) is 2.82. The van der Waals surface area contributed by atoms with Crippen LogP contribution in [0.5, 0.6) is 0 Å². The summed E-state index contributed by atoms with van der Waals surface area (Å²) in [5.41, 5.74) is 0. The summed E-state index contributed by atoms with van der Waals surface area (Å²) in [5, 5.41) is 17.5. The van der Waals surface area contributed by atoms with E-state index < -0.39 is 5.97 Å². The van der Waals surface area contributed by atoms with Crippen molar-refractivity contribution in [2.45, 2.75) is 19.3 Å². The van der Waals surface area contributed by atoms with Gasteiger partial charge >= 0.3 is 0 Å². The normalized spacial score (nSPS) is 11.4. The SMILES string of the molecule is C=CCOC(O)(O)CC. The van der Waals surface area contributed by atoms with Crippen molar-refractivity contribution in [1.29, 1.82) is 0 Å². The lowest BCUT2D eigenvalue weighted by molar-refractivity contribution is -0.334. The largest absolute Gasteiger partial charge is 0.343 e. The Balaban J connectivity index is 3.44. The van der Waals surface area contributed by atoms with E-state index in [1.54, 1.807) is 6.92 Å². The van der Waals surface area contributed by atoms with Crippen molar-refractivity contribution >= 4 is 0 Å². The van der Waals surface area contributed by atoms with Gasteiger partial charge < -0.3 is 14.9 Å². The van der Waals surface area contributed by atoms with E-state index in [1.165, 1.54) is 6.08 Å². The first-order chi connectivity index (χ1) is 4.12. The molecule has 0 unspecified atom stereocenters. The summed E-state index contributed by atoms with van der Waals surface area (Å²) in [6.07, 6.45) is 1.61. The minimum Gasteiger partial charge on any atom is -0.343 e. The average molecular weight is 132 g/mol. The number of rotatable bonds is 4. The lowest BCUT2D eigenvalue weighted by Crippen LogP contribution is -2.30. The van der Waals surface area contributed by atoms with Gasteiger partial charge in [-0.1, -0.05) is 13.0 Å². The van der Waals surface area contributed by atoms with Crippen molar-refractivity contribution in [3.05, 3.63) is 12.7 Å². The van der Waals surface area contributed by atoms with E-state index in [9.17, 15) is 0 Å². The third-order valence-corrected chi connectivity index (χ3v) is 0.893.